The second-order valence-electron chi connectivity index (χ2n) is 7.21. The third-order valence-electron chi connectivity index (χ3n) is 3.79. The van der Waals surface area contributed by atoms with Crippen LogP contribution >= 0.6 is 0 Å². The van der Waals surface area contributed by atoms with Crippen molar-refractivity contribution in [3.8, 4) is 0 Å². The van der Waals surface area contributed by atoms with E-state index in [1.807, 2.05) is 20.8 Å². The SMILES string of the molecule is CCNC(=NCC1CCCN1C)NCCCNC(=O)OC(C)(C)C. The van der Waals surface area contributed by atoms with E-state index in [9.17, 15) is 4.79 Å². The molecule has 1 aliphatic rings. The van der Waals surface area contributed by atoms with Gasteiger partial charge >= 0.3 is 6.09 Å². The summed E-state index contributed by atoms with van der Waals surface area (Å²) in [5.74, 6) is 0.843. The normalized spacial score (nSPS) is 19.2. The highest BCUT2D eigenvalue weighted by Gasteiger charge is 2.20. The van der Waals surface area contributed by atoms with Crippen LogP contribution in [0.25, 0.3) is 0 Å². The van der Waals surface area contributed by atoms with Crippen LogP contribution in [0, 0.1) is 0 Å². The molecule has 1 amide bonds. The van der Waals surface area contributed by atoms with E-state index in [2.05, 4.69) is 39.8 Å². The largest absolute Gasteiger partial charge is 0.444 e. The van der Waals surface area contributed by atoms with Gasteiger partial charge in [0.1, 0.15) is 5.60 Å². The molecule has 0 aromatic rings. The van der Waals surface area contributed by atoms with Crippen LogP contribution in [0.15, 0.2) is 4.99 Å². The molecule has 0 aliphatic carbocycles. The smallest absolute Gasteiger partial charge is 0.407 e. The van der Waals surface area contributed by atoms with Crippen LogP contribution in [0.4, 0.5) is 4.79 Å². The Morgan fingerprint density at radius 3 is 2.54 bits per heavy atom. The Morgan fingerprint density at radius 1 is 1.25 bits per heavy atom. The van der Waals surface area contributed by atoms with E-state index < -0.39 is 5.60 Å². The number of guanidine groups is 1. The van der Waals surface area contributed by atoms with Crippen molar-refractivity contribution in [2.45, 2.75) is 58.6 Å². The molecule has 1 saturated heterocycles. The van der Waals surface area contributed by atoms with Gasteiger partial charge in [0.2, 0.25) is 0 Å². The maximum atomic E-state index is 11.5. The van der Waals surface area contributed by atoms with Crippen LogP contribution in [0.2, 0.25) is 0 Å². The molecule has 24 heavy (non-hydrogen) atoms. The zero-order valence-electron chi connectivity index (χ0n) is 15.9. The fourth-order valence-electron chi connectivity index (χ4n) is 2.55. The standard InChI is InChI=1S/C17H35N5O2/c1-6-18-15(21-13-14-9-7-12-22(14)5)19-10-8-11-20-16(23)24-17(2,3)4/h14H,6-13H2,1-5H3,(H,20,23)(H2,18,19,21). The fourth-order valence-corrected chi connectivity index (χ4v) is 2.55. The van der Waals surface area contributed by atoms with Gasteiger partial charge in [-0.25, -0.2) is 4.79 Å². The van der Waals surface area contributed by atoms with Crippen LogP contribution in [0.5, 0.6) is 0 Å². The molecule has 1 atom stereocenters. The van der Waals surface area contributed by atoms with Gasteiger partial charge in [-0.3, -0.25) is 4.99 Å². The highest BCUT2D eigenvalue weighted by Crippen LogP contribution is 2.14. The van der Waals surface area contributed by atoms with Gasteiger partial charge in [-0.15, -0.1) is 0 Å². The predicted octanol–water partition coefficient (Wildman–Crippen LogP) is 1.55. The maximum absolute atomic E-state index is 11.5. The molecule has 0 radical (unpaired) electrons. The number of hydrogen-bond donors (Lipinski definition) is 3. The van der Waals surface area contributed by atoms with Crippen molar-refractivity contribution >= 4 is 12.1 Å². The fraction of sp³-hybridized carbons (Fsp3) is 0.882. The van der Waals surface area contributed by atoms with Crippen molar-refractivity contribution in [3.63, 3.8) is 0 Å². The molecular weight excluding hydrogens is 306 g/mol. The molecule has 0 spiro atoms. The molecule has 0 saturated carbocycles. The van der Waals surface area contributed by atoms with Gasteiger partial charge < -0.3 is 25.6 Å². The number of likely N-dealkylation sites (N-methyl/N-ethyl adjacent to an activating group) is 1. The predicted molar refractivity (Wildman–Crippen MR) is 98.5 cm³/mol. The van der Waals surface area contributed by atoms with E-state index >= 15 is 0 Å². The molecule has 7 heteroatoms. The molecule has 1 aliphatic heterocycles. The molecule has 140 valence electrons. The lowest BCUT2D eigenvalue weighted by Gasteiger charge is -2.20. The number of hydrogen-bond acceptors (Lipinski definition) is 4. The Labute approximate surface area is 146 Å². The summed E-state index contributed by atoms with van der Waals surface area (Å²) in [4.78, 5) is 18.6. The molecule has 1 rings (SSSR count). The monoisotopic (exact) mass is 341 g/mol. The number of nitrogens with one attached hydrogen (secondary N) is 3. The van der Waals surface area contributed by atoms with Gasteiger partial charge in [0, 0.05) is 25.7 Å². The van der Waals surface area contributed by atoms with Gasteiger partial charge in [0.15, 0.2) is 5.96 Å². The Hall–Kier alpha value is -1.50. The minimum Gasteiger partial charge on any atom is -0.444 e. The van der Waals surface area contributed by atoms with Crippen molar-refractivity contribution in [2.24, 2.45) is 4.99 Å². The summed E-state index contributed by atoms with van der Waals surface area (Å²) in [6, 6.07) is 0.550. The van der Waals surface area contributed by atoms with Crippen molar-refractivity contribution < 1.29 is 9.53 Å². The molecule has 1 fully saturated rings. The first-order valence-corrected chi connectivity index (χ1v) is 9.01. The molecule has 0 aromatic heterocycles. The lowest BCUT2D eigenvalue weighted by molar-refractivity contribution is 0.0527. The third-order valence-corrected chi connectivity index (χ3v) is 3.79. The van der Waals surface area contributed by atoms with E-state index in [-0.39, 0.29) is 6.09 Å². The first-order chi connectivity index (χ1) is 11.3. The highest BCUT2D eigenvalue weighted by molar-refractivity contribution is 5.79. The number of nitrogens with zero attached hydrogens (tertiary/aromatic N) is 2. The third kappa shape index (κ3) is 8.96. The summed E-state index contributed by atoms with van der Waals surface area (Å²) in [6.45, 7) is 11.8. The average Bonchev–Trinajstić information content (AvgIpc) is 2.87. The molecule has 0 bridgehead atoms. The van der Waals surface area contributed by atoms with Gasteiger partial charge in [0.25, 0.3) is 0 Å². The van der Waals surface area contributed by atoms with Gasteiger partial charge in [-0.1, -0.05) is 0 Å². The van der Waals surface area contributed by atoms with Gasteiger partial charge in [-0.05, 0) is 60.5 Å². The van der Waals surface area contributed by atoms with Crippen molar-refractivity contribution in [1.82, 2.24) is 20.9 Å². The molecular formula is C17H35N5O2. The topological polar surface area (TPSA) is 78.0 Å². The van der Waals surface area contributed by atoms with E-state index in [0.717, 1.165) is 32.0 Å². The molecule has 0 aromatic carbocycles. The summed E-state index contributed by atoms with van der Waals surface area (Å²) >= 11 is 0. The second kappa shape index (κ2) is 10.4. The highest BCUT2D eigenvalue weighted by atomic mass is 16.6. The lowest BCUT2D eigenvalue weighted by atomic mass is 10.2. The van der Waals surface area contributed by atoms with E-state index in [1.54, 1.807) is 0 Å². The zero-order chi connectivity index (χ0) is 18.0. The molecule has 7 nitrogen and oxygen atoms in total. The zero-order valence-corrected chi connectivity index (χ0v) is 15.9. The number of carbonyl (C=O) groups excluding carboxylic acids is 1. The Balaban J connectivity index is 2.22. The summed E-state index contributed by atoms with van der Waals surface area (Å²) in [6.07, 6.45) is 2.93. The summed E-state index contributed by atoms with van der Waals surface area (Å²) in [5, 5.41) is 9.33. The van der Waals surface area contributed by atoms with E-state index in [0.29, 0.717) is 12.6 Å². The van der Waals surface area contributed by atoms with Crippen LogP contribution in [0.1, 0.15) is 47.0 Å². The minimum absolute atomic E-state index is 0.368. The average molecular weight is 342 g/mol. The Bertz CT molecular complexity index is 406. The van der Waals surface area contributed by atoms with Crippen molar-refractivity contribution in [1.29, 1.82) is 0 Å². The van der Waals surface area contributed by atoms with E-state index in [1.165, 1.54) is 19.4 Å². The summed E-state index contributed by atoms with van der Waals surface area (Å²) < 4.78 is 5.20. The summed E-state index contributed by atoms with van der Waals surface area (Å²) in [5.41, 5.74) is -0.458. The number of ether oxygens (including phenoxy) is 1. The van der Waals surface area contributed by atoms with Crippen LogP contribution in [-0.2, 0) is 4.74 Å². The van der Waals surface area contributed by atoms with Gasteiger partial charge in [0.05, 0.1) is 6.54 Å². The molecule has 1 heterocycles. The number of alkyl carbamates (subject to hydrolysis) is 1. The number of aliphatic imine (C=N–C) groups is 1. The number of carbonyl (C=O) groups is 1. The lowest BCUT2D eigenvalue weighted by Crippen LogP contribution is -2.40. The molecule has 3 N–H and O–H groups in total. The maximum Gasteiger partial charge on any atom is 0.407 e. The Kier molecular flexibility index (Phi) is 8.89. The van der Waals surface area contributed by atoms with Crippen LogP contribution in [-0.4, -0.2) is 68.4 Å². The number of amides is 1. The van der Waals surface area contributed by atoms with Crippen molar-refractivity contribution in [3.05, 3.63) is 0 Å². The van der Waals surface area contributed by atoms with Crippen molar-refractivity contribution in [2.75, 3.05) is 39.8 Å². The number of likely N-dealkylation sites (tertiary alicyclic amines) is 1. The molecule has 1 unspecified atom stereocenters. The Morgan fingerprint density at radius 2 is 1.96 bits per heavy atom. The van der Waals surface area contributed by atoms with Gasteiger partial charge in [-0.2, -0.15) is 0 Å². The first-order valence-electron chi connectivity index (χ1n) is 9.01. The minimum atomic E-state index is -0.458. The first kappa shape index (κ1) is 20.5. The second-order valence-corrected chi connectivity index (χ2v) is 7.21. The van der Waals surface area contributed by atoms with Crippen LogP contribution < -0.4 is 16.0 Å². The summed E-state index contributed by atoms with van der Waals surface area (Å²) in [7, 11) is 2.16. The van der Waals surface area contributed by atoms with Crippen LogP contribution in [0.3, 0.4) is 0 Å². The quantitative estimate of drug-likeness (QED) is 0.372. The number of rotatable bonds is 7. The van der Waals surface area contributed by atoms with E-state index in [4.69, 9.17) is 4.74 Å².